The van der Waals surface area contributed by atoms with Gasteiger partial charge < -0.3 is 14.9 Å². The highest BCUT2D eigenvalue weighted by Gasteiger charge is 2.38. The third-order valence-corrected chi connectivity index (χ3v) is 3.18. The Kier molecular flexibility index (Phi) is 2.91. The van der Waals surface area contributed by atoms with Gasteiger partial charge >= 0.3 is 0 Å². The third-order valence-electron chi connectivity index (χ3n) is 2.13. The summed E-state index contributed by atoms with van der Waals surface area (Å²) in [7, 11) is 0. The summed E-state index contributed by atoms with van der Waals surface area (Å²) in [5, 5.41) is 18.6. The van der Waals surface area contributed by atoms with Crippen molar-refractivity contribution in [1.29, 1.82) is 0 Å². The summed E-state index contributed by atoms with van der Waals surface area (Å²) in [6.45, 7) is 3.58. The van der Waals surface area contributed by atoms with Gasteiger partial charge in [0.15, 0.2) is 0 Å². The second-order valence-corrected chi connectivity index (χ2v) is 3.94. The topological polar surface area (TPSA) is 49.7 Å². The monoisotopic (exact) mass is 224 g/mol. The number of hydrogen-bond donors (Lipinski definition) is 2. The minimum atomic E-state index is -0.765. The maximum absolute atomic E-state index is 9.43. The van der Waals surface area contributed by atoms with Crippen molar-refractivity contribution in [3.05, 3.63) is 0 Å². The van der Waals surface area contributed by atoms with E-state index < -0.39 is 12.2 Å². The number of halogens is 1. The number of aliphatic hydroxyl groups excluding tert-OH is 2. The molecule has 5 atom stereocenters. The normalized spacial score (nSPS) is 52.6. The Morgan fingerprint density at radius 1 is 1.18 bits per heavy atom. The van der Waals surface area contributed by atoms with Crippen LogP contribution in [0.15, 0.2) is 0 Å². The summed E-state index contributed by atoms with van der Waals surface area (Å²) < 4.78 is 5.29. The molecule has 66 valence electrons. The third kappa shape index (κ3) is 1.75. The van der Waals surface area contributed by atoms with Gasteiger partial charge in [-0.3, -0.25) is 0 Å². The van der Waals surface area contributed by atoms with Gasteiger partial charge in [0.2, 0.25) is 0 Å². The van der Waals surface area contributed by atoms with E-state index in [0.29, 0.717) is 0 Å². The van der Waals surface area contributed by atoms with Crippen molar-refractivity contribution in [1.82, 2.24) is 0 Å². The Morgan fingerprint density at radius 2 is 1.73 bits per heavy atom. The Balaban J connectivity index is 2.63. The van der Waals surface area contributed by atoms with Crippen LogP contribution in [0.3, 0.4) is 0 Å². The molecule has 11 heavy (non-hydrogen) atoms. The first-order chi connectivity index (χ1) is 5.04. The van der Waals surface area contributed by atoms with Crippen LogP contribution in [-0.4, -0.2) is 33.5 Å². The molecule has 1 aliphatic rings. The second kappa shape index (κ2) is 3.39. The van der Waals surface area contributed by atoms with Crippen molar-refractivity contribution >= 4 is 15.9 Å². The zero-order valence-corrected chi connectivity index (χ0v) is 8.15. The number of hydrogen-bond acceptors (Lipinski definition) is 3. The van der Waals surface area contributed by atoms with Crippen molar-refractivity contribution in [2.75, 3.05) is 0 Å². The lowest BCUT2D eigenvalue weighted by Gasteiger charge is -2.37. The van der Waals surface area contributed by atoms with Gasteiger partial charge in [-0.2, -0.15) is 0 Å². The zero-order chi connectivity index (χ0) is 8.59. The van der Waals surface area contributed by atoms with Gasteiger partial charge in [0.05, 0.1) is 12.2 Å². The highest BCUT2D eigenvalue weighted by molar-refractivity contribution is 9.09. The van der Waals surface area contributed by atoms with Crippen LogP contribution >= 0.6 is 15.9 Å². The smallest absolute Gasteiger partial charge is 0.118 e. The molecule has 0 spiro atoms. The number of ether oxygens (including phenoxy) is 1. The van der Waals surface area contributed by atoms with Crippen LogP contribution in [-0.2, 0) is 4.74 Å². The first-order valence-electron chi connectivity index (χ1n) is 3.69. The second-order valence-electron chi connectivity index (χ2n) is 3.03. The van der Waals surface area contributed by atoms with E-state index in [1.165, 1.54) is 0 Å². The molecule has 0 aromatic heterocycles. The average molecular weight is 225 g/mol. The van der Waals surface area contributed by atoms with Crippen LogP contribution in [0, 0.1) is 5.92 Å². The highest BCUT2D eigenvalue weighted by Crippen LogP contribution is 2.28. The van der Waals surface area contributed by atoms with E-state index in [1.54, 1.807) is 6.92 Å². The lowest BCUT2D eigenvalue weighted by atomic mass is 9.95. The van der Waals surface area contributed by atoms with Crippen molar-refractivity contribution in [2.24, 2.45) is 5.92 Å². The van der Waals surface area contributed by atoms with Crippen LogP contribution in [0.5, 0.6) is 0 Å². The lowest BCUT2D eigenvalue weighted by Crippen LogP contribution is -2.50. The number of aliphatic hydroxyl groups is 2. The maximum atomic E-state index is 9.43. The Bertz CT molecular complexity index is 128. The molecule has 0 bridgehead atoms. The molecule has 0 saturated carbocycles. The molecule has 1 rings (SSSR count). The molecule has 0 aromatic carbocycles. The van der Waals surface area contributed by atoms with Crippen LogP contribution in [0.1, 0.15) is 13.8 Å². The molecular formula is C7H13BrO3. The van der Waals surface area contributed by atoms with Crippen LogP contribution in [0.25, 0.3) is 0 Å². The molecule has 0 radical (unpaired) electrons. The molecule has 0 aromatic rings. The van der Waals surface area contributed by atoms with E-state index in [9.17, 15) is 10.2 Å². The zero-order valence-electron chi connectivity index (χ0n) is 6.57. The van der Waals surface area contributed by atoms with Crippen molar-refractivity contribution < 1.29 is 14.9 Å². The summed E-state index contributed by atoms with van der Waals surface area (Å²) >= 11 is 3.27. The minimum Gasteiger partial charge on any atom is -0.390 e. The molecule has 1 unspecified atom stereocenters. The van der Waals surface area contributed by atoms with E-state index in [4.69, 9.17) is 4.74 Å². The maximum Gasteiger partial charge on any atom is 0.118 e. The fourth-order valence-electron chi connectivity index (χ4n) is 1.15. The molecule has 3 nitrogen and oxygen atoms in total. The van der Waals surface area contributed by atoms with Crippen LogP contribution in [0.4, 0.5) is 0 Å². The highest BCUT2D eigenvalue weighted by atomic mass is 79.9. The molecule has 1 saturated heterocycles. The molecule has 0 aliphatic carbocycles. The molecule has 0 amide bonds. The molecule has 1 fully saturated rings. The van der Waals surface area contributed by atoms with Crippen molar-refractivity contribution in [2.45, 2.75) is 37.2 Å². The summed E-state index contributed by atoms with van der Waals surface area (Å²) in [5.41, 5.74) is 0. The predicted molar refractivity (Wildman–Crippen MR) is 44.4 cm³/mol. The van der Waals surface area contributed by atoms with Crippen molar-refractivity contribution in [3.63, 3.8) is 0 Å². The van der Waals surface area contributed by atoms with Gasteiger partial charge in [0, 0.05) is 5.92 Å². The van der Waals surface area contributed by atoms with E-state index in [-0.39, 0.29) is 17.0 Å². The van der Waals surface area contributed by atoms with Gasteiger partial charge in [-0.25, -0.2) is 0 Å². The Labute approximate surface area is 74.5 Å². The van der Waals surface area contributed by atoms with E-state index >= 15 is 0 Å². The molecule has 4 heteroatoms. The molecular weight excluding hydrogens is 212 g/mol. The van der Waals surface area contributed by atoms with E-state index in [0.717, 1.165) is 0 Å². The van der Waals surface area contributed by atoms with Gasteiger partial charge in [-0.1, -0.05) is 22.9 Å². The summed E-state index contributed by atoms with van der Waals surface area (Å²) in [6.07, 6.45) is -1.76. The van der Waals surface area contributed by atoms with E-state index in [2.05, 4.69) is 15.9 Å². The molecule has 1 aliphatic heterocycles. The predicted octanol–water partition coefficient (Wildman–Crippen LogP) is 0.484. The Morgan fingerprint density at radius 3 is 2.27 bits per heavy atom. The Hall–Kier alpha value is 0.360. The number of rotatable bonds is 0. The fourth-order valence-corrected chi connectivity index (χ4v) is 1.81. The van der Waals surface area contributed by atoms with Gasteiger partial charge in [-0.15, -0.1) is 0 Å². The van der Waals surface area contributed by atoms with Crippen molar-refractivity contribution in [3.8, 4) is 0 Å². The first-order valence-corrected chi connectivity index (χ1v) is 4.61. The van der Waals surface area contributed by atoms with Crippen LogP contribution in [0.2, 0.25) is 0 Å². The fraction of sp³-hybridized carbons (Fsp3) is 1.00. The minimum absolute atomic E-state index is 0.0683. The van der Waals surface area contributed by atoms with Gasteiger partial charge in [0.1, 0.15) is 11.1 Å². The van der Waals surface area contributed by atoms with Crippen LogP contribution < -0.4 is 0 Å². The summed E-state index contributed by atoms with van der Waals surface area (Å²) in [6, 6.07) is 0. The number of alkyl halides is 1. The average Bonchev–Trinajstić information content (AvgIpc) is 1.97. The van der Waals surface area contributed by atoms with Gasteiger partial charge in [0.25, 0.3) is 0 Å². The summed E-state index contributed by atoms with van der Waals surface area (Å²) in [4.78, 5) is 0. The molecule has 2 N–H and O–H groups in total. The quantitative estimate of drug-likeness (QED) is 0.589. The van der Waals surface area contributed by atoms with E-state index in [1.807, 2.05) is 6.92 Å². The lowest BCUT2D eigenvalue weighted by molar-refractivity contribution is -0.162. The van der Waals surface area contributed by atoms with Gasteiger partial charge in [-0.05, 0) is 6.92 Å². The SMILES string of the molecule is C[C@@H]1OC(Br)[C@H](C)[C@H](O)[C@H]1O. The first kappa shape index (κ1) is 9.45. The largest absolute Gasteiger partial charge is 0.390 e. The standard InChI is InChI=1S/C7H13BrO3/c1-3-5(9)6(10)4(2)11-7(3)8/h3-7,9-10H,1-2H3/t3-,4+,5+,6+,7?/m1/s1. The molecule has 1 heterocycles. The summed E-state index contributed by atoms with van der Waals surface area (Å²) in [5.74, 6) is -0.0683.